The Bertz CT molecular complexity index is 230. The summed E-state index contributed by atoms with van der Waals surface area (Å²) in [5, 5.41) is 3.32. The van der Waals surface area contributed by atoms with Gasteiger partial charge in [-0.25, -0.2) is 0 Å². The average Bonchev–Trinajstić information content (AvgIpc) is 2.35. The van der Waals surface area contributed by atoms with Crippen LogP contribution in [0.1, 0.15) is 26.2 Å². The second-order valence-electron chi connectivity index (χ2n) is 5.16. The van der Waals surface area contributed by atoms with Crippen molar-refractivity contribution in [2.24, 2.45) is 5.92 Å². The molecular formula is C13H25F3N2O. The first-order valence-corrected chi connectivity index (χ1v) is 7.09. The molecule has 1 saturated heterocycles. The summed E-state index contributed by atoms with van der Waals surface area (Å²) < 4.78 is 40.6. The third kappa shape index (κ3) is 8.44. The van der Waals surface area contributed by atoms with E-state index in [4.69, 9.17) is 0 Å². The largest absolute Gasteiger partial charge is 0.411 e. The van der Waals surface area contributed by atoms with Crippen LogP contribution < -0.4 is 5.32 Å². The molecule has 114 valence electrons. The topological polar surface area (TPSA) is 24.5 Å². The molecule has 19 heavy (non-hydrogen) atoms. The van der Waals surface area contributed by atoms with Crippen LogP contribution in [0.2, 0.25) is 0 Å². The van der Waals surface area contributed by atoms with Crippen LogP contribution in [0, 0.1) is 5.92 Å². The minimum Gasteiger partial charge on any atom is -0.371 e. The van der Waals surface area contributed by atoms with E-state index in [2.05, 4.69) is 21.9 Å². The molecule has 0 bridgehead atoms. The van der Waals surface area contributed by atoms with Crippen molar-refractivity contribution in [1.29, 1.82) is 0 Å². The molecule has 0 unspecified atom stereocenters. The molecule has 0 atom stereocenters. The van der Waals surface area contributed by atoms with Crippen LogP contribution in [0.5, 0.6) is 0 Å². The Kier molecular flexibility index (Phi) is 7.71. The Balaban J connectivity index is 2.19. The highest BCUT2D eigenvalue weighted by Gasteiger charge is 2.27. The fraction of sp³-hybridized carbons (Fsp3) is 1.00. The summed E-state index contributed by atoms with van der Waals surface area (Å²) in [6.07, 6.45) is -0.887. The first-order valence-electron chi connectivity index (χ1n) is 7.09. The molecule has 1 N–H and O–H groups in total. The van der Waals surface area contributed by atoms with E-state index < -0.39 is 12.8 Å². The minimum absolute atomic E-state index is 0.157. The van der Waals surface area contributed by atoms with Crippen molar-refractivity contribution in [3.63, 3.8) is 0 Å². The highest BCUT2D eigenvalue weighted by Crippen LogP contribution is 2.15. The third-order valence-corrected chi connectivity index (χ3v) is 3.33. The average molecular weight is 282 g/mol. The molecular weight excluding hydrogens is 257 g/mol. The number of hydrogen-bond donors (Lipinski definition) is 1. The summed E-state index contributed by atoms with van der Waals surface area (Å²) in [6, 6.07) is 0. The third-order valence-electron chi connectivity index (χ3n) is 3.33. The number of rotatable bonds is 8. The minimum atomic E-state index is -4.22. The van der Waals surface area contributed by atoms with Crippen LogP contribution >= 0.6 is 0 Å². The lowest BCUT2D eigenvalue weighted by atomic mass is 9.97. The molecule has 0 saturated carbocycles. The monoisotopic (exact) mass is 282 g/mol. The van der Waals surface area contributed by atoms with Gasteiger partial charge in [-0.1, -0.05) is 6.92 Å². The van der Waals surface area contributed by atoms with Crippen molar-refractivity contribution >= 4 is 0 Å². The number of nitrogens with one attached hydrogen (secondary N) is 1. The molecule has 0 aromatic heterocycles. The molecule has 1 heterocycles. The Hall–Kier alpha value is -0.330. The predicted molar refractivity (Wildman–Crippen MR) is 69.2 cm³/mol. The second-order valence-corrected chi connectivity index (χ2v) is 5.16. The normalized spacial score (nSPS) is 18.2. The summed E-state index contributed by atoms with van der Waals surface area (Å²) in [6.45, 7) is 5.71. The van der Waals surface area contributed by atoms with E-state index in [9.17, 15) is 13.2 Å². The van der Waals surface area contributed by atoms with Crippen molar-refractivity contribution in [2.75, 3.05) is 45.9 Å². The van der Waals surface area contributed by atoms with Gasteiger partial charge in [-0.3, -0.25) is 0 Å². The molecule has 1 fully saturated rings. The van der Waals surface area contributed by atoms with Crippen LogP contribution in [0.15, 0.2) is 0 Å². The molecule has 0 amide bonds. The van der Waals surface area contributed by atoms with Crippen LogP contribution in [0.3, 0.4) is 0 Å². The Morgan fingerprint density at radius 3 is 2.47 bits per heavy atom. The molecule has 0 radical (unpaired) electrons. The molecule has 6 heteroatoms. The zero-order valence-electron chi connectivity index (χ0n) is 11.6. The fourth-order valence-electron chi connectivity index (χ4n) is 2.42. The Morgan fingerprint density at radius 1 is 1.21 bits per heavy atom. The van der Waals surface area contributed by atoms with E-state index >= 15 is 0 Å². The number of nitrogens with zero attached hydrogens (tertiary/aromatic N) is 1. The van der Waals surface area contributed by atoms with Gasteiger partial charge in [-0.15, -0.1) is 0 Å². The first-order chi connectivity index (χ1) is 9.01. The number of alkyl halides is 3. The second kappa shape index (κ2) is 8.76. The number of piperidine rings is 1. The Morgan fingerprint density at radius 2 is 1.89 bits per heavy atom. The van der Waals surface area contributed by atoms with Crippen molar-refractivity contribution < 1.29 is 17.9 Å². The number of halogens is 3. The molecule has 0 spiro atoms. The lowest BCUT2D eigenvalue weighted by molar-refractivity contribution is -0.174. The lowest BCUT2D eigenvalue weighted by Crippen LogP contribution is -2.38. The zero-order valence-corrected chi connectivity index (χ0v) is 11.6. The van der Waals surface area contributed by atoms with Gasteiger partial charge >= 0.3 is 6.18 Å². The standard InChI is InChI=1S/C13H25F3N2O/c1-2-7-18(8-9-19-11-13(14,15)16)10-12-3-5-17-6-4-12/h12,17H,2-11H2,1H3. The summed E-state index contributed by atoms with van der Waals surface area (Å²) in [7, 11) is 0. The van der Waals surface area contributed by atoms with Crippen molar-refractivity contribution in [3.8, 4) is 0 Å². The summed E-state index contributed by atoms with van der Waals surface area (Å²) in [4.78, 5) is 2.23. The van der Waals surface area contributed by atoms with Gasteiger partial charge in [-0.05, 0) is 44.8 Å². The molecule has 1 aliphatic rings. The summed E-state index contributed by atoms with van der Waals surface area (Å²) >= 11 is 0. The SMILES string of the molecule is CCCN(CCOCC(F)(F)F)CC1CCNCC1. The summed E-state index contributed by atoms with van der Waals surface area (Å²) in [5.74, 6) is 0.662. The van der Waals surface area contributed by atoms with Crippen LogP contribution in [-0.2, 0) is 4.74 Å². The lowest BCUT2D eigenvalue weighted by Gasteiger charge is -2.29. The molecule has 1 aliphatic heterocycles. The fourth-order valence-corrected chi connectivity index (χ4v) is 2.42. The Labute approximate surface area is 113 Å². The van der Waals surface area contributed by atoms with Gasteiger partial charge in [0, 0.05) is 13.1 Å². The quantitative estimate of drug-likeness (QED) is 0.691. The number of ether oxygens (including phenoxy) is 1. The van der Waals surface area contributed by atoms with Crippen LogP contribution in [0.4, 0.5) is 13.2 Å². The smallest absolute Gasteiger partial charge is 0.371 e. The van der Waals surface area contributed by atoms with Gasteiger partial charge in [0.05, 0.1) is 6.61 Å². The van der Waals surface area contributed by atoms with Crippen molar-refractivity contribution in [3.05, 3.63) is 0 Å². The van der Waals surface area contributed by atoms with E-state index in [1.54, 1.807) is 0 Å². The van der Waals surface area contributed by atoms with E-state index in [-0.39, 0.29) is 6.61 Å². The first kappa shape index (κ1) is 16.7. The summed E-state index contributed by atoms with van der Waals surface area (Å²) in [5.41, 5.74) is 0. The van der Waals surface area contributed by atoms with Crippen molar-refractivity contribution in [2.45, 2.75) is 32.4 Å². The maximum Gasteiger partial charge on any atom is 0.411 e. The van der Waals surface area contributed by atoms with Gasteiger partial charge in [0.15, 0.2) is 0 Å². The van der Waals surface area contributed by atoms with Crippen molar-refractivity contribution in [1.82, 2.24) is 10.2 Å². The van der Waals surface area contributed by atoms with Gasteiger partial charge in [0.25, 0.3) is 0 Å². The highest BCUT2D eigenvalue weighted by molar-refractivity contribution is 4.72. The van der Waals surface area contributed by atoms with Gasteiger partial charge in [0.1, 0.15) is 6.61 Å². The maximum atomic E-state index is 12.0. The van der Waals surface area contributed by atoms with Gasteiger partial charge in [0.2, 0.25) is 0 Å². The van der Waals surface area contributed by atoms with Gasteiger partial charge in [-0.2, -0.15) is 13.2 Å². The molecule has 3 nitrogen and oxygen atoms in total. The molecule has 1 rings (SSSR count). The highest BCUT2D eigenvalue weighted by atomic mass is 19.4. The van der Waals surface area contributed by atoms with E-state index in [1.807, 2.05) is 0 Å². The van der Waals surface area contributed by atoms with Crippen LogP contribution in [0.25, 0.3) is 0 Å². The van der Waals surface area contributed by atoms with Crippen LogP contribution in [-0.4, -0.2) is 57.0 Å². The van der Waals surface area contributed by atoms with Gasteiger partial charge < -0.3 is 15.0 Å². The van der Waals surface area contributed by atoms with E-state index in [0.717, 1.165) is 45.4 Å². The molecule has 0 aromatic carbocycles. The van der Waals surface area contributed by atoms with E-state index in [0.29, 0.717) is 12.5 Å². The maximum absolute atomic E-state index is 12.0. The molecule has 0 aromatic rings. The zero-order chi connectivity index (χ0) is 14.1. The predicted octanol–water partition coefficient (Wildman–Crippen LogP) is 2.28. The van der Waals surface area contributed by atoms with E-state index in [1.165, 1.54) is 0 Å². The number of hydrogen-bond acceptors (Lipinski definition) is 3. The molecule has 0 aliphatic carbocycles.